The monoisotopic (exact) mass is 621 g/mol. The molecule has 43 heavy (non-hydrogen) atoms. The summed E-state index contributed by atoms with van der Waals surface area (Å²) in [6.07, 6.45) is -5.48. The van der Waals surface area contributed by atoms with Gasteiger partial charge in [0.05, 0.1) is 13.0 Å². The van der Waals surface area contributed by atoms with Gasteiger partial charge < -0.3 is 56.1 Å². The van der Waals surface area contributed by atoms with Crippen molar-refractivity contribution in [1.82, 2.24) is 15.1 Å². The van der Waals surface area contributed by atoms with Crippen molar-refractivity contribution in [2.24, 2.45) is 5.73 Å². The van der Waals surface area contributed by atoms with E-state index in [2.05, 4.69) is 20.4 Å². The molecule has 2 aromatic rings. The van der Waals surface area contributed by atoms with E-state index in [4.69, 9.17) is 15.2 Å². The molecule has 2 fully saturated rings. The third kappa shape index (κ3) is 9.66. The van der Waals surface area contributed by atoms with Gasteiger partial charge in [-0.3, -0.25) is 9.59 Å². The molecule has 4 rings (SSSR count). The van der Waals surface area contributed by atoms with Crippen LogP contribution in [0.25, 0.3) is 0 Å². The molecule has 0 aliphatic carbocycles. The molecule has 14 heteroatoms. The van der Waals surface area contributed by atoms with Crippen LogP contribution in [0.5, 0.6) is 5.75 Å². The summed E-state index contributed by atoms with van der Waals surface area (Å²) in [6, 6.07) is 8.14. The Morgan fingerprint density at radius 3 is 2.40 bits per heavy atom. The van der Waals surface area contributed by atoms with Crippen molar-refractivity contribution in [3.63, 3.8) is 0 Å². The highest BCUT2D eigenvalue weighted by Gasteiger charge is 2.44. The number of aliphatic hydroxyl groups is 4. The summed E-state index contributed by atoms with van der Waals surface area (Å²) in [7, 11) is 0. The second-order valence-corrected chi connectivity index (χ2v) is 11.8. The molecular weight excluding hydrogens is 578 g/mol. The minimum absolute atomic E-state index is 0.0795. The number of nitrogens with zero attached hydrogens (tertiary/aromatic N) is 2. The molecule has 2 amide bonds. The van der Waals surface area contributed by atoms with Crippen LogP contribution in [0.15, 0.2) is 35.7 Å². The summed E-state index contributed by atoms with van der Waals surface area (Å²) < 4.78 is 11.2. The summed E-state index contributed by atoms with van der Waals surface area (Å²) in [5.74, 6) is -0.586. The molecule has 2 aliphatic rings. The highest BCUT2D eigenvalue weighted by atomic mass is 32.1. The van der Waals surface area contributed by atoms with E-state index in [0.29, 0.717) is 18.8 Å². The third-order valence-electron chi connectivity index (χ3n) is 7.55. The fourth-order valence-electron chi connectivity index (χ4n) is 5.10. The summed E-state index contributed by atoms with van der Waals surface area (Å²) >= 11 is 1.45. The Hall–Kier alpha value is -2.66. The van der Waals surface area contributed by atoms with Crippen LogP contribution in [0.3, 0.4) is 0 Å². The first-order valence-corrected chi connectivity index (χ1v) is 15.5. The zero-order chi connectivity index (χ0) is 30.8. The van der Waals surface area contributed by atoms with Crippen LogP contribution >= 0.6 is 11.3 Å². The number of ether oxygens (including phenoxy) is 2. The minimum atomic E-state index is -1.63. The van der Waals surface area contributed by atoms with E-state index in [1.165, 1.54) is 29.5 Å². The normalized spacial score (nSPS) is 24.9. The number of carbonyl (C=O) groups is 2. The molecule has 1 aromatic heterocycles. The van der Waals surface area contributed by atoms with Crippen LogP contribution in [0.2, 0.25) is 0 Å². The van der Waals surface area contributed by atoms with Gasteiger partial charge in [-0.15, -0.1) is 11.3 Å². The van der Waals surface area contributed by atoms with Gasteiger partial charge in [-0.05, 0) is 56.1 Å². The zero-order valence-electron chi connectivity index (χ0n) is 24.1. The van der Waals surface area contributed by atoms with Crippen LogP contribution in [0, 0.1) is 0 Å². The van der Waals surface area contributed by atoms with Gasteiger partial charge in [0.1, 0.15) is 30.2 Å². The number of carbonyl (C=O) groups excluding carboxylic acids is 2. The Bertz CT molecular complexity index is 1160. The fourth-order valence-corrected chi connectivity index (χ4v) is 5.81. The van der Waals surface area contributed by atoms with Gasteiger partial charge >= 0.3 is 0 Å². The van der Waals surface area contributed by atoms with Crippen molar-refractivity contribution in [1.29, 1.82) is 0 Å². The van der Waals surface area contributed by atoms with Crippen LogP contribution < -0.4 is 21.1 Å². The van der Waals surface area contributed by atoms with Gasteiger partial charge in [0, 0.05) is 54.9 Å². The Kier molecular flexibility index (Phi) is 12.7. The van der Waals surface area contributed by atoms with E-state index >= 15 is 0 Å². The lowest BCUT2D eigenvalue weighted by molar-refractivity contribution is -0.277. The Balaban J connectivity index is 1.38. The summed E-state index contributed by atoms with van der Waals surface area (Å²) in [4.78, 5) is 31.5. The van der Waals surface area contributed by atoms with E-state index in [1.807, 2.05) is 17.5 Å². The van der Waals surface area contributed by atoms with E-state index in [0.717, 1.165) is 57.0 Å². The molecule has 2 saturated heterocycles. The van der Waals surface area contributed by atoms with Crippen LogP contribution in [-0.2, 0) is 16.0 Å². The van der Waals surface area contributed by atoms with Gasteiger partial charge in [0.2, 0.25) is 12.2 Å². The molecule has 1 aromatic carbocycles. The smallest absolute Gasteiger partial charge is 0.251 e. The quantitative estimate of drug-likeness (QED) is 0.131. The molecule has 5 unspecified atom stereocenters. The van der Waals surface area contributed by atoms with Crippen LogP contribution in [0.4, 0.5) is 5.69 Å². The van der Waals surface area contributed by atoms with Gasteiger partial charge in [-0.25, -0.2) is 0 Å². The molecular formula is C29H43N5O8S. The topological polar surface area (TPSA) is 190 Å². The first kappa shape index (κ1) is 33.2. The highest BCUT2D eigenvalue weighted by Crippen LogP contribution is 2.28. The number of aliphatic hydroxyl groups excluding tert-OH is 4. The number of nitrogens with one attached hydrogen (secondary N) is 2. The Morgan fingerprint density at radius 2 is 1.74 bits per heavy atom. The number of anilines is 1. The maximum atomic E-state index is 13.1. The number of nitrogens with two attached hydrogens (primary N) is 1. The summed E-state index contributed by atoms with van der Waals surface area (Å²) in [5.41, 5.74) is 6.12. The second kappa shape index (κ2) is 16.4. The van der Waals surface area contributed by atoms with E-state index in [1.54, 1.807) is 0 Å². The first-order chi connectivity index (χ1) is 20.8. The lowest BCUT2D eigenvalue weighted by Gasteiger charge is -2.39. The van der Waals surface area contributed by atoms with E-state index in [9.17, 15) is 30.0 Å². The molecule has 0 spiro atoms. The Morgan fingerprint density at radius 1 is 1.02 bits per heavy atom. The van der Waals surface area contributed by atoms with Crippen molar-refractivity contribution < 1.29 is 39.5 Å². The summed E-state index contributed by atoms with van der Waals surface area (Å²) in [6.45, 7) is 6.39. The molecule has 5 atom stereocenters. The van der Waals surface area contributed by atoms with Gasteiger partial charge in [0.25, 0.3) is 5.91 Å². The minimum Gasteiger partial charge on any atom is -0.462 e. The van der Waals surface area contributed by atoms with Crippen molar-refractivity contribution in [2.75, 3.05) is 64.3 Å². The second-order valence-electron chi connectivity index (χ2n) is 10.8. The average Bonchev–Trinajstić information content (AvgIpc) is 3.51. The van der Waals surface area contributed by atoms with Gasteiger partial charge in [-0.2, -0.15) is 0 Å². The summed E-state index contributed by atoms with van der Waals surface area (Å²) in [5, 5.41) is 47.7. The lowest BCUT2D eigenvalue weighted by atomic mass is 9.99. The number of hydrogen-bond acceptors (Lipinski definition) is 12. The van der Waals surface area contributed by atoms with Crippen molar-refractivity contribution in [2.45, 2.75) is 50.0 Å². The molecule has 0 radical (unpaired) electrons. The number of hydrogen-bond donors (Lipinski definition) is 7. The molecule has 3 heterocycles. The van der Waals surface area contributed by atoms with Crippen LogP contribution in [-0.4, -0.2) is 132 Å². The van der Waals surface area contributed by atoms with Gasteiger partial charge in [0.15, 0.2) is 0 Å². The SMILES string of the molecule is NCCCN1CCN(CCCNC(=O)c2cc(NC(=O)Cc3cccs3)cc(OC3OC(CO)C(O)C(O)C3O)c2)CC1. The van der Waals surface area contributed by atoms with Gasteiger partial charge in [-0.1, -0.05) is 6.07 Å². The van der Waals surface area contributed by atoms with E-state index < -0.39 is 37.3 Å². The van der Waals surface area contributed by atoms with Crippen molar-refractivity contribution >= 4 is 28.8 Å². The number of benzene rings is 1. The standard InChI is InChI=1S/C29H43N5O8S/c30-5-2-7-33-9-11-34(12-10-33)8-3-6-31-28(40)19-14-20(32-24(36)17-22-4-1-13-43-22)16-21(15-19)41-29-27(39)26(38)25(37)23(18-35)42-29/h1,4,13-16,23,25-27,29,35,37-39H,2-3,5-12,17-18,30H2,(H,31,40)(H,32,36). The van der Waals surface area contributed by atoms with Crippen LogP contribution in [0.1, 0.15) is 28.1 Å². The molecule has 238 valence electrons. The Labute approximate surface area is 255 Å². The predicted molar refractivity (Wildman–Crippen MR) is 161 cm³/mol. The first-order valence-electron chi connectivity index (χ1n) is 14.6. The van der Waals surface area contributed by atoms with E-state index in [-0.39, 0.29) is 29.5 Å². The molecule has 0 saturated carbocycles. The number of piperazine rings is 1. The highest BCUT2D eigenvalue weighted by molar-refractivity contribution is 7.10. The zero-order valence-corrected chi connectivity index (χ0v) is 25.0. The maximum absolute atomic E-state index is 13.1. The number of rotatable bonds is 14. The van der Waals surface area contributed by atoms with Crippen molar-refractivity contribution in [3.8, 4) is 5.75 Å². The molecule has 8 N–H and O–H groups in total. The number of thiophene rings is 1. The molecule has 13 nitrogen and oxygen atoms in total. The van der Waals surface area contributed by atoms with Crippen molar-refractivity contribution in [3.05, 3.63) is 46.2 Å². The lowest BCUT2D eigenvalue weighted by Crippen LogP contribution is -2.60. The molecule has 0 bridgehead atoms. The average molecular weight is 622 g/mol. The predicted octanol–water partition coefficient (Wildman–Crippen LogP) is -0.806. The third-order valence-corrected chi connectivity index (χ3v) is 8.42. The fraction of sp³-hybridized carbons (Fsp3) is 0.586. The maximum Gasteiger partial charge on any atom is 0.251 e. The molecule has 2 aliphatic heterocycles. The largest absolute Gasteiger partial charge is 0.462 e. The number of amides is 2.